The third-order valence-electron chi connectivity index (χ3n) is 14.2. The molecule has 0 aliphatic heterocycles. The van der Waals surface area contributed by atoms with Crippen LogP contribution in [0, 0.1) is 51.2 Å². The van der Waals surface area contributed by atoms with E-state index in [1.54, 1.807) is 19.4 Å². The van der Waals surface area contributed by atoms with E-state index < -0.39 is 11.4 Å². The molecule has 0 heterocycles. The highest BCUT2D eigenvalue weighted by molar-refractivity contribution is 6.00. The number of hydrogen-bond acceptors (Lipinski definition) is 5. The van der Waals surface area contributed by atoms with Gasteiger partial charge < -0.3 is 15.2 Å². The van der Waals surface area contributed by atoms with Crippen molar-refractivity contribution < 1.29 is 24.2 Å². The highest BCUT2D eigenvalue weighted by Crippen LogP contribution is 2.71. The summed E-state index contributed by atoms with van der Waals surface area (Å²) in [5.74, 6) is 1.63. The second-order valence-electron chi connectivity index (χ2n) is 17.7. The van der Waals surface area contributed by atoms with Gasteiger partial charge in [0.05, 0.1) is 11.8 Å². The van der Waals surface area contributed by atoms with Crippen LogP contribution >= 0.6 is 0 Å². The van der Waals surface area contributed by atoms with E-state index in [-0.39, 0.29) is 40.7 Å². The zero-order valence-corrected chi connectivity index (χ0v) is 31.8. The molecule has 5 aliphatic carbocycles. The van der Waals surface area contributed by atoms with E-state index in [2.05, 4.69) is 63.3 Å². The molecule has 0 aromatic heterocycles. The average Bonchev–Trinajstić information content (AvgIpc) is 3.37. The molecule has 0 amide bonds. The molecule has 4 fully saturated rings. The molecule has 6 nitrogen and oxygen atoms in total. The SMILES string of the molecule is CC.CC(C)C1=C2C3CCC4C5(C)CCC(OC(=O)CC(C)(C)C(=O)O)CC5CCC4(C)C3CCC2(CCNCc2ccccc2)CC1=O. The van der Waals surface area contributed by atoms with Crippen LogP contribution in [-0.4, -0.2) is 35.5 Å². The van der Waals surface area contributed by atoms with Crippen molar-refractivity contribution >= 4 is 17.7 Å². The molecule has 6 heteroatoms. The fraction of sp³-hybridized carbons (Fsp3) is 0.744. The van der Waals surface area contributed by atoms with Crippen molar-refractivity contribution in [2.24, 2.45) is 51.2 Å². The van der Waals surface area contributed by atoms with Gasteiger partial charge in [0.2, 0.25) is 0 Å². The van der Waals surface area contributed by atoms with Crippen molar-refractivity contribution in [3.8, 4) is 0 Å². The van der Waals surface area contributed by atoms with Crippen molar-refractivity contribution in [2.75, 3.05) is 6.54 Å². The van der Waals surface area contributed by atoms with E-state index in [9.17, 15) is 19.5 Å². The van der Waals surface area contributed by atoms with Gasteiger partial charge in [-0.05, 0) is 136 Å². The number of fused-ring (bicyclic) bond motifs is 7. The lowest BCUT2D eigenvalue weighted by Crippen LogP contribution is -2.59. The Hall–Kier alpha value is -2.47. The molecular formula is C43H65NO5. The Balaban J connectivity index is 0.00000230. The van der Waals surface area contributed by atoms with Gasteiger partial charge in [-0.1, -0.05) is 77.4 Å². The lowest BCUT2D eigenvalue weighted by atomic mass is 9.39. The summed E-state index contributed by atoms with van der Waals surface area (Å²) in [6, 6.07) is 10.6. The fourth-order valence-corrected chi connectivity index (χ4v) is 11.8. The topological polar surface area (TPSA) is 92.7 Å². The zero-order chi connectivity index (χ0) is 35.8. The Morgan fingerprint density at radius 2 is 1.67 bits per heavy atom. The second kappa shape index (κ2) is 14.6. The Morgan fingerprint density at radius 3 is 2.35 bits per heavy atom. The average molecular weight is 676 g/mol. The Morgan fingerprint density at radius 1 is 0.980 bits per heavy atom. The minimum atomic E-state index is -1.11. The summed E-state index contributed by atoms with van der Waals surface area (Å²) < 4.78 is 5.94. The van der Waals surface area contributed by atoms with Gasteiger partial charge in [-0.2, -0.15) is 0 Å². The minimum Gasteiger partial charge on any atom is -0.481 e. The lowest BCUT2D eigenvalue weighted by molar-refractivity contribution is -0.178. The number of carboxylic acid groups (broad SMARTS) is 1. The quantitative estimate of drug-likeness (QED) is 0.190. The van der Waals surface area contributed by atoms with Crippen LogP contribution in [-0.2, 0) is 25.7 Å². The number of allylic oxidation sites excluding steroid dienone is 2. The highest BCUT2D eigenvalue weighted by Gasteiger charge is 2.64. The number of benzene rings is 1. The number of rotatable bonds is 10. The van der Waals surface area contributed by atoms with Gasteiger partial charge in [-0.15, -0.1) is 0 Å². The van der Waals surface area contributed by atoms with E-state index in [1.807, 2.05) is 13.8 Å². The summed E-state index contributed by atoms with van der Waals surface area (Å²) in [6.45, 7) is 18.6. The van der Waals surface area contributed by atoms with Gasteiger partial charge in [0, 0.05) is 18.4 Å². The molecule has 5 aliphatic rings. The van der Waals surface area contributed by atoms with E-state index in [4.69, 9.17) is 4.74 Å². The Kier molecular flexibility index (Phi) is 11.3. The molecule has 6 rings (SSSR count). The normalized spacial score (nSPS) is 35.4. The molecule has 272 valence electrons. The highest BCUT2D eigenvalue weighted by atomic mass is 16.5. The third kappa shape index (κ3) is 7.06. The van der Waals surface area contributed by atoms with E-state index in [0.717, 1.165) is 51.6 Å². The predicted molar refractivity (Wildman–Crippen MR) is 196 cm³/mol. The van der Waals surface area contributed by atoms with Crippen LogP contribution in [0.5, 0.6) is 0 Å². The number of esters is 1. The number of Topliss-reactive ketones (excluding diaryl/α,β-unsaturated/α-hetero) is 1. The maximum atomic E-state index is 13.8. The van der Waals surface area contributed by atoms with Crippen LogP contribution in [0.1, 0.15) is 138 Å². The van der Waals surface area contributed by atoms with Crippen LogP contribution < -0.4 is 5.32 Å². The fourth-order valence-electron chi connectivity index (χ4n) is 11.8. The molecule has 8 atom stereocenters. The number of carbonyl (C=O) groups excluding carboxylic acids is 2. The zero-order valence-electron chi connectivity index (χ0n) is 31.8. The van der Waals surface area contributed by atoms with Crippen molar-refractivity contribution in [2.45, 2.75) is 145 Å². The van der Waals surface area contributed by atoms with Crippen molar-refractivity contribution in [1.29, 1.82) is 0 Å². The Bertz CT molecular complexity index is 1400. The molecule has 4 saturated carbocycles. The number of hydrogen-bond donors (Lipinski definition) is 2. The second-order valence-corrected chi connectivity index (χ2v) is 17.7. The van der Waals surface area contributed by atoms with E-state index >= 15 is 0 Å². The maximum absolute atomic E-state index is 13.8. The van der Waals surface area contributed by atoms with Crippen LogP contribution in [0.15, 0.2) is 41.5 Å². The third-order valence-corrected chi connectivity index (χ3v) is 14.2. The van der Waals surface area contributed by atoms with Gasteiger partial charge in [-0.25, -0.2) is 0 Å². The first-order valence-corrected chi connectivity index (χ1v) is 19.7. The molecule has 2 N–H and O–H groups in total. The van der Waals surface area contributed by atoms with Crippen molar-refractivity contribution in [3.05, 3.63) is 47.0 Å². The summed E-state index contributed by atoms with van der Waals surface area (Å²) in [5, 5.41) is 13.2. The number of nitrogens with one attached hydrogen (secondary N) is 1. The van der Waals surface area contributed by atoms with Gasteiger partial charge in [-0.3, -0.25) is 14.4 Å². The first-order chi connectivity index (χ1) is 23.2. The molecule has 1 aromatic rings. The maximum Gasteiger partial charge on any atom is 0.309 e. The molecule has 0 saturated heterocycles. The number of carboxylic acids is 1. The summed E-state index contributed by atoms with van der Waals surface area (Å²) in [4.78, 5) is 38.1. The molecule has 49 heavy (non-hydrogen) atoms. The van der Waals surface area contributed by atoms with E-state index in [0.29, 0.717) is 35.9 Å². The Labute approximate surface area is 296 Å². The summed E-state index contributed by atoms with van der Waals surface area (Å²) >= 11 is 0. The monoisotopic (exact) mass is 675 g/mol. The number of aliphatic carboxylic acids is 1. The van der Waals surface area contributed by atoms with Crippen LogP contribution in [0.2, 0.25) is 0 Å². The molecular weight excluding hydrogens is 610 g/mol. The minimum absolute atomic E-state index is 0.0168. The smallest absolute Gasteiger partial charge is 0.309 e. The number of ether oxygens (including phenoxy) is 1. The standard InChI is InChI=1S/C41H59NO5.C2H6/c1-26(2)35-32(43)23-41(20-21-42-25-27-10-8-7-9-11-27)19-16-31-30(36(35)41)12-13-33-39(5)18-15-29(22-28(39)14-17-40(31,33)6)47-34(44)24-38(3,4)37(45)46;1-2/h7-11,26,28-31,33,42H,12-25H2,1-6H3,(H,45,46);1-2H3. The van der Waals surface area contributed by atoms with Crippen molar-refractivity contribution in [3.63, 3.8) is 0 Å². The van der Waals surface area contributed by atoms with Gasteiger partial charge in [0.15, 0.2) is 5.78 Å². The molecule has 8 unspecified atom stereocenters. The number of carbonyl (C=O) groups is 3. The first-order valence-electron chi connectivity index (χ1n) is 19.7. The van der Waals surface area contributed by atoms with Crippen LogP contribution in [0.4, 0.5) is 0 Å². The molecule has 0 bridgehead atoms. The largest absolute Gasteiger partial charge is 0.481 e. The van der Waals surface area contributed by atoms with Gasteiger partial charge in [0.1, 0.15) is 6.10 Å². The van der Waals surface area contributed by atoms with Gasteiger partial charge in [0.25, 0.3) is 0 Å². The van der Waals surface area contributed by atoms with Crippen LogP contribution in [0.25, 0.3) is 0 Å². The predicted octanol–water partition coefficient (Wildman–Crippen LogP) is 9.56. The lowest BCUT2D eigenvalue weighted by Gasteiger charge is -2.66. The molecule has 0 radical (unpaired) electrons. The molecule has 0 spiro atoms. The summed E-state index contributed by atoms with van der Waals surface area (Å²) in [7, 11) is 0. The van der Waals surface area contributed by atoms with Gasteiger partial charge >= 0.3 is 11.9 Å². The van der Waals surface area contributed by atoms with Crippen LogP contribution in [0.3, 0.4) is 0 Å². The van der Waals surface area contributed by atoms with E-state index in [1.165, 1.54) is 36.8 Å². The molecule has 1 aromatic carbocycles. The number of ketones is 1. The summed E-state index contributed by atoms with van der Waals surface area (Å²) in [5.41, 5.74) is 3.43. The first kappa shape index (κ1) is 37.8. The summed E-state index contributed by atoms with van der Waals surface area (Å²) in [6.07, 6.45) is 11.5. The van der Waals surface area contributed by atoms with Crippen molar-refractivity contribution in [1.82, 2.24) is 5.32 Å².